The SMILES string of the molecule is CCCOc1ccccc1NC(=O)C(C)C(C)C(=O)O. The van der Waals surface area contributed by atoms with Gasteiger partial charge in [-0.05, 0) is 18.6 Å². The summed E-state index contributed by atoms with van der Waals surface area (Å²) in [6, 6.07) is 7.13. The third-order valence-corrected chi connectivity index (χ3v) is 3.16. The van der Waals surface area contributed by atoms with Gasteiger partial charge >= 0.3 is 5.97 Å². The molecule has 2 atom stereocenters. The van der Waals surface area contributed by atoms with Crippen LogP contribution in [0.3, 0.4) is 0 Å². The maximum absolute atomic E-state index is 12.1. The zero-order valence-corrected chi connectivity index (χ0v) is 12.1. The second-order valence-electron chi connectivity index (χ2n) is 4.75. The summed E-state index contributed by atoms with van der Waals surface area (Å²) >= 11 is 0. The second-order valence-corrected chi connectivity index (χ2v) is 4.75. The second kappa shape index (κ2) is 7.53. The number of carbonyl (C=O) groups is 2. The standard InChI is InChI=1S/C15H21NO4/c1-4-9-20-13-8-6-5-7-12(13)16-14(17)10(2)11(3)15(18)19/h5-8,10-11H,4,9H2,1-3H3,(H,16,17)(H,18,19). The predicted molar refractivity (Wildman–Crippen MR) is 76.8 cm³/mol. The fourth-order valence-electron chi connectivity index (χ4n) is 1.60. The first-order valence-corrected chi connectivity index (χ1v) is 6.72. The smallest absolute Gasteiger partial charge is 0.307 e. The Bertz CT molecular complexity index is 473. The summed E-state index contributed by atoms with van der Waals surface area (Å²) in [5, 5.41) is 11.7. The van der Waals surface area contributed by atoms with E-state index in [1.165, 1.54) is 6.92 Å². The van der Waals surface area contributed by atoms with Crippen LogP contribution in [0.1, 0.15) is 27.2 Å². The van der Waals surface area contributed by atoms with Crippen LogP contribution < -0.4 is 10.1 Å². The molecule has 110 valence electrons. The van der Waals surface area contributed by atoms with Gasteiger partial charge in [-0.1, -0.05) is 32.9 Å². The van der Waals surface area contributed by atoms with Crippen molar-refractivity contribution in [3.8, 4) is 5.75 Å². The average molecular weight is 279 g/mol. The molecule has 0 aromatic heterocycles. The van der Waals surface area contributed by atoms with Crippen LogP contribution in [0.15, 0.2) is 24.3 Å². The Kier molecular flexibility index (Phi) is 6.03. The molecule has 0 aliphatic carbocycles. The van der Waals surface area contributed by atoms with E-state index in [0.29, 0.717) is 18.0 Å². The molecule has 0 aliphatic heterocycles. The molecule has 0 radical (unpaired) electrons. The van der Waals surface area contributed by atoms with E-state index in [1.807, 2.05) is 13.0 Å². The Morgan fingerprint density at radius 2 is 1.90 bits per heavy atom. The summed E-state index contributed by atoms with van der Waals surface area (Å²) in [5.74, 6) is -2.07. The van der Waals surface area contributed by atoms with Crippen molar-refractivity contribution in [3.63, 3.8) is 0 Å². The Morgan fingerprint density at radius 1 is 1.25 bits per heavy atom. The van der Waals surface area contributed by atoms with E-state index >= 15 is 0 Å². The van der Waals surface area contributed by atoms with Crippen LogP contribution in [0.25, 0.3) is 0 Å². The summed E-state index contributed by atoms with van der Waals surface area (Å²) in [7, 11) is 0. The highest BCUT2D eigenvalue weighted by Crippen LogP contribution is 2.25. The molecule has 5 nitrogen and oxygen atoms in total. The van der Waals surface area contributed by atoms with Crippen LogP contribution in [0.4, 0.5) is 5.69 Å². The third kappa shape index (κ3) is 4.26. The topological polar surface area (TPSA) is 75.6 Å². The van der Waals surface area contributed by atoms with Crippen LogP contribution in [0.5, 0.6) is 5.75 Å². The molecular weight excluding hydrogens is 258 g/mol. The van der Waals surface area contributed by atoms with Gasteiger partial charge < -0.3 is 15.2 Å². The van der Waals surface area contributed by atoms with Gasteiger partial charge in [0.15, 0.2) is 0 Å². The predicted octanol–water partition coefficient (Wildman–Crippen LogP) is 2.77. The Hall–Kier alpha value is -2.04. The van der Waals surface area contributed by atoms with E-state index in [4.69, 9.17) is 9.84 Å². The van der Waals surface area contributed by atoms with Gasteiger partial charge in [0.05, 0.1) is 18.2 Å². The summed E-state index contributed by atoms with van der Waals surface area (Å²) in [4.78, 5) is 23.0. The highest BCUT2D eigenvalue weighted by molar-refractivity contribution is 5.95. The molecule has 0 saturated heterocycles. The number of nitrogens with one attached hydrogen (secondary N) is 1. The monoisotopic (exact) mass is 279 g/mol. The molecule has 0 aliphatic rings. The van der Waals surface area contributed by atoms with Gasteiger partial charge in [0, 0.05) is 5.92 Å². The number of hydrogen-bond donors (Lipinski definition) is 2. The first kappa shape index (κ1) is 16.0. The van der Waals surface area contributed by atoms with Gasteiger partial charge in [-0.3, -0.25) is 9.59 Å². The molecule has 20 heavy (non-hydrogen) atoms. The lowest BCUT2D eigenvalue weighted by atomic mass is 9.95. The maximum atomic E-state index is 12.1. The van der Waals surface area contributed by atoms with Crippen molar-refractivity contribution in [3.05, 3.63) is 24.3 Å². The molecule has 0 bridgehead atoms. The van der Waals surface area contributed by atoms with E-state index in [2.05, 4.69) is 5.32 Å². The number of anilines is 1. The Balaban J connectivity index is 2.77. The number of amides is 1. The number of aliphatic carboxylic acids is 1. The molecule has 0 saturated carbocycles. The molecule has 1 rings (SSSR count). The quantitative estimate of drug-likeness (QED) is 0.804. The maximum Gasteiger partial charge on any atom is 0.307 e. The number of ether oxygens (including phenoxy) is 1. The molecule has 0 heterocycles. The van der Waals surface area contributed by atoms with Crippen molar-refractivity contribution < 1.29 is 19.4 Å². The van der Waals surface area contributed by atoms with Crippen LogP contribution in [-0.4, -0.2) is 23.6 Å². The van der Waals surface area contributed by atoms with E-state index in [1.54, 1.807) is 25.1 Å². The normalized spacial score (nSPS) is 13.3. The largest absolute Gasteiger partial charge is 0.491 e. The molecule has 1 aromatic carbocycles. The van der Waals surface area contributed by atoms with Crippen LogP contribution in [0, 0.1) is 11.8 Å². The van der Waals surface area contributed by atoms with E-state index in [0.717, 1.165) is 6.42 Å². The number of carboxylic acids is 1. The van der Waals surface area contributed by atoms with Crippen LogP contribution >= 0.6 is 0 Å². The van der Waals surface area contributed by atoms with Crippen molar-refractivity contribution in [1.82, 2.24) is 0 Å². The zero-order valence-electron chi connectivity index (χ0n) is 12.1. The summed E-state index contributed by atoms with van der Waals surface area (Å²) in [6.45, 7) is 5.68. The van der Waals surface area contributed by atoms with Gasteiger partial charge in [0.25, 0.3) is 0 Å². The Labute approximate surface area is 118 Å². The molecular formula is C15H21NO4. The van der Waals surface area contributed by atoms with E-state index in [-0.39, 0.29) is 5.91 Å². The van der Waals surface area contributed by atoms with Crippen molar-refractivity contribution in [1.29, 1.82) is 0 Å². The fraction of sp³-hybridized carbons (Fsp3) is 0.467. The van der Waals surface area contributed by atoms with Crippen molar-refractivity contribution in [2.75, 3.05) is 11.9 Å². The number of hydrogen-bond acceptors (Lipinski definition) is 3. The number of benzene rings is 1. The first-order chi connectivity index (χ1) is 9.47. The molecule has 1 aromatic rings. The van der Waals surface area contributed by atoms with Crippen molar-refractivity contribution in [2.45, 2.75) is 27.2 Å². The summed E-state index contributed by atoms with van der Waals surface area (Å²) in [6.07, 6.45) is 0.870. The van der Waals surface area contributed by atoms with Crippen molar-refractivity contribution in [2.24, 2.45) is 11.8 Å². The number of rotatable bonds is 7. The van der Waals surface area contributed by atoms with E-state index in [9.17, 15) is 9.59 Å². The lowest BCUT2D eigenvalue weighted by molar-refractivity contribution is -0.145. The molecule has 2 unspecified atom stereocenters. The minimum Gasteiger partial charge on any atom is -0.491 e. The van der Waals surface area contributed by atoms with Gasteiger partial charge in [-0.15, -0.1) is 0 Å². The molecule has 5 heteroatoms. The molecule has 2 N–H and O–H groups in total. The van der Waals surface area contributed by atoms with Crippen LogP contribution in [0.2, 0.25) is 0 Å². The fourth-order valence-corrected chi connectivity index (χ4v) is 1.60. The minimum absolute atomic E-state index is 0.326. The summed E-state index contributed by atoms with van der Waals surface area (Å²) < 4.78 is 5.54. The number of carboxylic acid groups (broad SMARTS) is 1. The number of para-hydroxylation sites is 2. The van der Waals surface area contributed by atoms with Gasteiger partial charge in [-0.25, -0.2) is 0 Å². The average Bonchev–Trinajstić information content (AvgIpc) is 2.44. The highest BCUT2D eigenvalue weighted by Gasteiger charge is 2.26. The van der Waals surface area contributed by atoms with Gasteiger partial charge in [0.1, 0.15) is 5.75 Å². The first-order valence-electron chi connectivity index (χ1n) is 6.72. The zero-order chi connectivity index (χ0) is 15.1. The highest BCUT2D eigenvalue weighted by atomic mass is 16.5. The van der Waals surface area contributed by atoms with Crippen LogP contribution in [-0.2, 0) is 9.59 Å². The van der Waals surface area contributed by atoms with E-state index < -0.39 is 17.8 Å². The van der Waals surface area contributed by atoms with Crippen molar-refractivity contribution >= 4 is 17.6 Å². The minimum atomic E-state index is -0.983. The molecule has 0 fully saturated rings. The van der Waals surface area contributed by atoms with Gasteiger partial charge in [0.2, 0.25) is 5.91 Å². The lowest BCUT2D eigenvalue weighted by Crippen LogP contribution is -2.30. The lowest BCUT2D eigenvalue weighted by Gasteiger charge is -2.17. The van der Waals surface area contributed by atoms with Gasteiger partial charge in [-0.2, -0.15) is 0 Å². The Morgan fingerprint density at radius 3 is 2.50 bits per heavy atom. The molecule has 1 amide bonds. The summed E-state index contributed by atoms with van der Waals surface area (Å²) in [5.41, 5.74) is 0.565. The molecule has 0 spiro atoms. The third-order valence-electron chi connectivity index (χ3n) is 3.16. The number of carbonyl (C=O) groups excluding carboxylic acids is 1.